The maximum absolute atomic E-state index is 13.2. The number of nitrogens with one attached hydrogen (secondary N) is 1. The molecule has 0 aliphatic carbocycles. The first kappa shape index (κ1) is 22.3. The van der Waals surface area contributed by atoms with Gasteiger partial charge in [0.1, 0.15) is 11.6 Å². The smallest absolute Gasteiger partial charge is 0.251 e. The van der Waals surface area contributed by atoms with Crippen LogP contribution < -0.4 is 15.0 Å². The fourth-order valence-electron chi connectivity index (χ4n) is 4.22. The number of halogens is 1. The van der Waals surface area contributed by atoms with E-state index in [9.17, 15) is 9.18 Å². The molecule has 0 spiro atoms. The minimum atomic E-state index is -0.346. The van der Waals surface area contributed by atoms with Crippen molar-refractivity contribution >= 4 is 22.9 Å². The highest BCUT2D eigenvalue weighted by Gasteiger charge is 2.31. The molecule has 1 saturated heterocycles. The van der Waals surface area contributed by atoms with Crippen LogP contribution in [0.5, 0.6) is 5.75 Å². The second-order valence-corrected chi connectivity index (χ2v) is 8.93. The Bertz CT molecular complexity index is 1000. The fraction of sp³-hybridized carbons (Fsp3) is 0.320. The Morgan fingerprint density at radius 1 is 1.03 bits per heavy atom. The van der Waals surface area contributed by atoms with Gasteiger partial charge in [0.2, 0.25) is 0 Å². The van der Waals surface area contributed by atoms with Crippen LogP contribution in [-0.4, -0.2) is 50.1 Å². The van der Waals surface area contributed by atoms with Crippen molar-refractivity contribution in [1.82, 2.24) is 10.2 Å². The Balaban J connectivity index is 1.44. The van der Waals surface area contributed by atoms with Gasteiger partial charge in [0, 0.05) is 48.3 Å². The molecular formula is C25H28FN3O2S. The third-order valence-corrected chi connectivity index (χ3v) is 6.86. The minimum Gasteiger partial charge on any atom is -0.497 e. The van der Waals surface area contributed by atoms with Crippen LogP contribution in [0.4, 0.5) is 10.1 Å². The average molecular weight is 454 g/mol. The SMILES string of the molecule is COc1ccc(N2CCN([C@H](c3cccs3)[C@H](C)NC(=O)c3ccc(F)cc3)CC2)cc1. The van der Waals surface area contributed by atoms with Crippen molar-refractivity contribution in [3.05, 3.63) is 82.3 Å². The topological polar surface area (TPSA) is 44.8 Å². The van der Waals surface area contributed by atoms with Gasteiger partial charge < -0.3 is 15.0 Å². The highest BCUT2D eigenvalue weighted by molar-refractivity contribution is 7.10. The number of amides is 1. The Labute approximate surface area is 192 Å². The van der Waals surface area contributed by atoms with Crippen molar-refractivity contribution in [3.63, 3.8) is 0 Å². The molecule has 32 heavy (non-hydrogen) atoms. The van der Waals surface area contributed by atoms with Gasteiger partial charge in [0.25, 0.3) is 5.91 Å². The number of carbonyl (C=O) groups excluding carboxylic acids is 1. The number of piperazine rings is 1. The fourth-order valence-corrected chi connectivity index (χ4v) is 5.19. The molecule has 168 valence electrons. The van der Waals surface area contributed by atoms with Gasteiger partial charge >= 0.3 is 0 Å². The first-order valence-electron chi connectivity index (χ1n) is 10.8. The number of thiophene rings is 1. The molecule has 0 unspecified atom stereocenters. The minimum absolute atomic E-state index is 0.0809. The summed E-state index contributed by atoms with van der Waals surface area (Å²) in [6.45, 7) is 5.65. The molecule has 1 amide bonds. The summed E-state index contributed by atoms with van der Waals surface area (Å²) in [7, 11) is 1.68. The van der Waals surface area contributed by atoms with Crippen molar-refractivity contribution in [2.45, 2.75) is 19.0 Å². The number of rotatable bonds is 7. The number of hydrogen-bond donors (Lipinski definition) is 1. The molecule has 1 aromatic heterocycles. The lowest BCUT2D eigenvalue weighted by molar-refractivity contribution is 0.0890. The normalized spacial score (nSPS) is 16.4. The third-order valence-electron chi connectivity index (χ3n) is 5.92. The van der Waals surface area contributed by atoms with Crippen LogP contribution in [-0.2, 0) is 0 Å². The predicted octanol–water partition coefficient (Wildman–Crippen LogP) is 4.58. The van der Waals surface area contributed by atoms with Crippen LogP contribution >= 0.6 is 11.3 Å². The lowest BCUT2D eigenvalue weighted by Gasteiger charge is -2.42. The predicted molar refractivity (Wildman–Crippen MR) is 127 cm³/mol. The molecule has 1 N–H and O–H groups in total. The third kappa shape index (κ3) is 5.11. The van der Waals surface area contributed by atoms with E-state index in [2.05, 4.69) is 44.8 Å². The van der Waals surface area contributed by atoms with E-state index in [-0.39, 0.29) is 23.8 Å². The van der Waals surface area contributed by atoms with Crippen molar-refractivity contribution < 1.29 is 13.9 Å². The molecule has 0 radical (unpaired) electrons. The number of methoxy groups -OCH3 is 1. The molecular weight excluding hydrogens is 425 g/mol. The van der Waals surface area contributed by atoms with Gasteiger partial charge in [-0.1, -0.05) is 6.07 Å². The van der Waals surface area contributed by atoms with Crippen molar-refractivity contribution in [1.29, 1.82) is 0 Å². The van der Waals surface area contributed by atoms with Crippen molar-refractivity contribution in [2.24, 2.45) is 0 Å². The molecule has 1 aliphatic rings. The van der Waals surface area contributed by atoms with E-state index in [1.54, 1.807) is 18.4 Å². The van der Waals surface area contributed by atoms with Crippen molar-refractivity contribution in [3.8, 4) is 5.75 Å². The first-order chi connectivity index (χ1) is 15.5. The monoisotopic (exact) mass is 453 g/mol. The van der Waals surface area contributed by atoms with Gasteiger partial charge in [-0.3, -0.25) is 9.69 Å². The molecule has 1 aliphatic heterocycles. The van der Waals surface area contributed by atoms with Crippen LogP contribution in [0.15, 0.2) is 66.0 Å². The number of carbonyl (C=O) groups is 1. The van der Waals surface area contributed by atoms with Crippen LogP contribution in [0.2, 0.25) is 0 Å². The Kier molecular flexibility index (Phi) is 7.07. The zero-order chi connectivity index (χ0) is 22.5. The summed E-state index contributed by atoms with van der Waals surface area (Å²) in [6.07, 6.45) is 0. The number of ether oxygens (including phenoxy) is 1. The number of benzene rings is 2. The summed E-state index contributed by atoms with van der Waals surface area (Å²) in [5, 5.41) is 5.21. The lowest BCUT2D eigenvalue weighted by atomic mass is 10.0. The zero-order valence-corrected chi connectivity index (χ0v) is 19.1. The van der Waals surface area contributed by atoms with E-state index in [0.29, 0.717) is 5.56 Å². The standard InChI is InChI=1S/C25H28FN3O2S/c1-18(27-25(30)19-5-7-20(26)8-6-19)24(23-4-3-17-32-23)29-15-13-28(14-16-29)21-9-11-22(31-2)12-10-21/h3-12,17-18,24H,13-16H2,1-2H3,(H,27,30)/t18-,24-/m0/s1. The van der Waals surface area contributed by atoms with E-state index in [1.807, 2.05) is 19.1 Å². The summed E-state index contributed by atoms with van der Waals surface area (Å²) in [4.78, 5) is 18.8. The van der Waals surface area contributed by atoms with Gasteiger partial charge in [0.05, 0.1) is 13.2 Å². The van der Waals surface area contributed by atoms with E-state index in [0.717, 1.165) is 31.9 Å². The average Bonchev–Trinajstić information content (AvgIpc) is 3.34. The Morgan fingerprint density at radius 3 is 2.31 bits per heavy atom. The van der Waals surface area contributed by atoms with E-state index >= 15 is 0 Å². The molecule has 2 heterocycles. The van der Waals surface area contributed by atoms with Crippen LogP contribution in [0.3, 0.4) is 0 Å². The second-order valence-electron chi connectivity index (χ2n) is 7.95. The number of anilines is 1. The molecule has 1 fully saturated rings. The zero-order valence-electron chi connectivity index (χ0n) is 18.3. The molecule has 0 saturated carbocycles. The second kappa shape index (κ2) is 10.1. The van der Waals surface area contributed by atoms with Gasteiger partial charge in [-0.25, -0.2) is 4.39 Å². The molecule has 0 bridgehead atoms. The molecule has 3 aromatic rings. The van der Waals surface area contributed by atoms with Gasteiger partial charge in [-0.05, 0) is 66.9 Å². The van der Waals surface area contributed by atoms with Gasteiger partial charge in [0.15, 0.2) is 0 Å². The summed E-state index contributed by atoms with van der Waals surface area (Å²) < 4.78 is 18.5. The van der Waals surface area contributed by atoms with E-state index in [1.165, 1.54) is 34.8 Å². The molecule has 2 atom stereocenters. The largest absolute Gasteiger partial charge is 0.497 e. The van der Waals surface area contributed by atoms with Gasteiger partial charge in [-0.2, -0.15) is 0 Å². The first-order valence-corrected chi connectivity index (χ1v) is 11.7. The number of nitrogens with zero attached hydrogens (tertiary/aromatic N) is 2. The maximum atomic E-state index is 13.2. The van der Waals surface area contributed by atoms with E-state index in [4.69, 9.17) is 4.74 Å². The Hall–Kier alpha value is -2.90. The van der Waals surface area contributed by atoms with Gasteiger partial charge in [-0.15, -0.1) is 11.3 Å². The summed E-state index contributed by atoms with van der Waals surface area (Å²) >= 11 is 1.71. The van der Waals surface area contributed by atoms with E-state index < -0.39 is 0 Å². The molecule has 7 heteroatoms. The van der Waals surface area contributed by atoms with Crippen molar-refractivity contribution in [2.75, 3.05) is 38.2 Å². The summed E-state index contributed by atoms with van der Waals surface area (Å²) in [5.41, 5.74) is 1.66. The molecule has 4 rings (SSSR count). The Morgan fingerprint density at radius 2 is 1.72 bits per heavy atom. The molecule has 5 nitrogen and oxygen atoms in total. The highest BCUT2D eigenvalue weighted by atomic mass is 32.1. The quantitative estimate of drug-likeness (QED) is 0.569. The highest BCUT2D eigenvalue weighted by Crippen LogP contribution is 2.30. The molecule has 2 aromatic carbocycles. The van der Waals surface area contributed by atoms with Crippen LogP contribution in [0.1, 0.15) is 28.2 Å². The summed E-state index contributed by atoms with van der Waals surface area (Å²) in [6, 6.07) is 18.0. The van der Waals surface area contributed by atoms with Crippen LogP contribution in [0, 0.1) is 5.82 Å². The maximum Gasteiger partial charge on any atom is 0.251 e. The van der Waals surface area contributed by atoms with Crippen LogP contribution in [0.25, 0.3) is 0 Å². The number of hydrogen-bond acceptors (Lipinski definition) is 5. The summed E-state index contributed by atoms with van der Waals surface area (Å²) in [5.74, 6) is 0.326. The lowest BCUT2D eigenvalue weighted by Crippen LogP contribution is -2.52.